The molecule has 1 N–H and O–H groups in total. The summed E-state index contributed by atoms with van der Waals surface area (Å²) >= 11 is 0. The summed E-state index contributed by atoms with van der Waals surface area (Å²) in [6.45, 7) is 19.9. The van der Waals surface area contributed by atoms with Crippen molar-refractivity contribution < 1.29 is 39.2 Å². The van der Waals surface area contributed by atoms with E-state index >= 15 is 0 Å². The minimum absolute atomic E-state index is 0. The maximum absolute atomic E-state index is 11.8. The average molecular weight is 685 g/mol. The molecule has 1 aromatic carbocycles. The van der Waals surface area contributed by atoms with Gasteiger partial charge in [0.25, 0.3) is 0 Å². The number of ether oxygens (including phenoxy) is 1. The summed E-state index contributed by atoms with van der Waals surface area (Å²) in [4.78, 5) is 16.1. The molecule has 0 spiro atoms. The van der Waals surface area contributed by atoms with Crippen LogP contribution in [0.4, 0.5) is 0 Å². The van der Waals surface area contributed by atoms with Crippen LogP contribution in [0.2, 0.25) is 0 Å². The van der Waals surface area contributed by atoms with Crippen molar-refractivity contribution in [2.45, 2.75) is 88.0 Å². The third-order valence-corrected chi connectivity index (χ3v) is 6.70. The number of aliphatic hydroxyl groups excluding tert-OH is 1. The summed E-state index contributed by atoms with van der Waals surface area (Å²) in [5.74, 6) is 2.75. The van der Waals surface area contributed by atoms with Crippen LogP contribution < -0.4 is 4.74 Å². The molecule has 2 heterocycles. The maximum atomic E-state index is 11.8. The van der Waals surface area contributed by atoms with Gasteiger partial charge in [0, 0.05) is 60.1 Å². The third kappa shape index (κ3) is 9.12. The molecule has 0 fully saturated rings. The molecule has 0 aliphatic carbocycles. The Morgan fingerprint density at radius 1 is 1.08 bits per heavy atom. The molecule has 3 aromatic rings. The van der Waals surface area contributed by atoms with Crippen LogP contribution in [0.1, 0.15) is 91.0 Å². The van der Waals surface area contributed by atoms with E-state index in [4.69, 9.17) is 9.15 Å². The number of rotatable bonds is 8. The number of hydrogen-bond donors (Lipinski definition) is 1. The maximum Gasteiger partial charge on any atom is 0.217 e. The molecule has 0 aliphatic heterocycles. The Balaban J connectivity index is 0.000000384. The van der Waals surface area contributed by atoms with Gasteiger partial charge in [-0.3, -0.25) is 4.79 Å². The van der Waals surface area contributed by atoms with Crippen LogP contribution in [-0.2, 0) is 24.9 Å². The van der Waals surface area contributed by atoms with Crippen LogP contribution in [0.3, 0.4) is 0 Å². The number of aliphatic hydroxyl groups is 1. The first-order valence-electron chi connectivity index (χ1n) is 12.7. The van der Waals surface area contributed by atoms with Crippen LogP contribution in [0.25, 0.3) is 11.0 Å². The second kappa shape index (κ2) is 13.4. The Morgan fingerprint density at radius 2 is 1.70 bits per heavy atom. The van der Waals surface area contributed by atoms with Gasteiger partial charge in [-0.2, -0.15) is 17.2 Å². The van der Waals surface area contributed by atoms with Crippen molar-refractivity contribution in [3.8, 4) is 11.6 Å². The molecule has 0 saturated heterocycles. The number of hydrogen-bond acceptors (Lipinski definition) is 5. The number of allylic oxidation sites excluding steroid dienone is 2. The fourth-order valence-corrected chi connectivity index (χ4v) is 3.18. The second-order valence-electron chi connectivity index (χ2n) is 11.0. The zero-order valence-electron chi connectivity index (χ0n) is 23.9. The number of ketones is 1. The number of furan rings is 1. The summed E-state index contributed by atoms with van der Waals surface area (Å²) in [5.41, 5.74) is 2.30. The van der Waals surface area contributed by atoms with Gasteiger partial charge in [0.2, 0.25) is 5.88 Å². The smallest absolute Gasteiger partial charge is 0.217 e. The Morgan fingerprint density at radius 3 is 2.24 bits per heavy atom. The molecule has 0 atom stereocenters. The van der Waals surface area contributed by atoms with E-state index in [9.17, 15) is 9.90 Å². The minimum Gasteiger partial charge on any atom is -0.512 e. The van der Waals surface area contributed by atoms with Gasteiger partial charge in [0.15, 0.2) is 11.4 Å². The fourth-order valence-electron chi connectivity index (χ4n) is 3.18. The van der Waals surface area contributed by atoms with Crippen LogP contribution in [-0.4, -0.2) is 15.9 Å². The van der Waals surface area contributed by atoms with Gasteiger partial charge in [-0.05, 0) is 18.9 Å². The number of aryl methyl sites for hydroxylation is 2. The van der Waals surface area contributed by atoms with Crippen molar-refractivity contribution in [1.29, 1.82) is 0 Å². The normalized spacial score (nSPS) is 12.1. The molecule has 0 bridgehead atoms. The van der Waals surface area contributed by atoms with Gasteiger partial charge in [0.05, 0.1) is 6.20 Å². The Kier molecular flexibility index (Phi) is 11.8. The van der Waals surface area contributed by atoms with Gasteiger partial charge in [-0.25, -0.2) is 4.98 Å². The summed E-state index contributed by atoms with van der Waals surface area (Å²) in [7, 11) is 0. The van der Waals surface area contributed by atoms with E-state index in [0.717, 1.165) is 40.7 Å². The minimum atomic E-state index is -0.377. The van der Waals surface area contributed by atoms with Gasteiger partial charge < -0.3 is 14.3 Å². The molecular weight excluding hydrogens is 643 g/mol. The number of pyridine rings is 1. The molecule has 1 radical (unpaired) electrons. The van der Waals surface area contributed by atoms with E-state index in [1.165, 1.54) is 6.08 Å². The molecule has 3 rings (SSSR count). The molecule has 2 aromatic heterocycles. The molecule has 0 saturated carbocycles. The molecule has 37 heavy (non-hydrogen) atoms. The fraction of sp³-hybridized carbons (Fsp3) is 0.484. The van der Waals surface area contributed by atoms with Gasteiger partial charge in [-0.1, -0.05) is 69.2 Å². The molecular formula is C31H42IrNO4-. The van der Waals surface area contributed by atoms with Crippen molar-refractivity contribution in [3.63, 3.8) is 0 Å². The molecule has 6 heteroatoms. The number of fused-ring (bicyclic) bond motifs is 1. The van der Waals surface area contributed by atoms with Gasteiger partial charge >= 0.3 is 0 Å². The second-order valence-corrected chi connectivity index (χ2v) is 11.0. The predicted molar refractivity (Wildman–Crippen MR) is 147 cm³/mol. The van der Waals surface area contributed by atoms with Crippen molar-refractivity contribution in [2.75, 3.05) is 0 Å². The van der Waals surface area contributed by atoms with Crippen LogP contribution in [0.5, 0.6) is 11.6 Å². The van der Waals surface area contributed by atoms with E-state index < -0.39 is 0 Å². The standard InChI is InChI=1S/C18H18NO2.C13H24O2.Ir/c1-11(2)16-8-14-9-18(19-10-17(14)21-16)20-15-6-12(3)5-13(4)7-15;1-7-12(3,4)10(14)9-11(15)13(5,6)8-2;/h5-6,8-11H,1-4H3;9,14H,7-8H2,1-6H3;/q-1;;/b;10-9-;. The first-order chi connectivity index (χ1) is 16.7. The van der Waals surface area contributed by atoms with E-state index in [0.29, 0.717) is 17.5 Å². The quantitative estimate of drug-likeness (QED) is 0.146. The molecule has 0 unspecified atom stereocenters. The number of nitrogens with zero attached hydrogens (tertiary/aromatic N) is 1. The topological polar surface area (TPSA) is 72.6 Å². The van der Waals surface area contributed by atoms with Crippen molar-refractivity contribution in [1.82, 2.24) is 4.98 Å². The van der Waals surface area contributed by atoms with Crippen LogP contribution in [0, 0.1) is 30.7 Å². The zero-order chi connectivity index (χ0) is 27.3. The van der Waals surface area contributed by atoms with E-state index in [-0.39, 0.29) is 42.5 Å². The third-order valence-electron chi connectivity index (χ3n) is 6.70. The summed E-state index contributed by atoms with van der Waals surface area (Å²) in [6, 6.07) is 11.1. The predicted octanol–water partition coefficient (Wildman–Crippen LogP) is 9.03. The largest absolute Gasteiger partial charge is 0.512 e. The summed E-state index contributed by atoms with van der Waals surface area (Å²) in [6.07, 6.45) is 4.70. The van der Waals surface area contributed by atoms with Crippen molar-refractivity contribution in [2.24, 2.45) is 10.8 Å². The van der Waals surface area contributed by atoms with E-state index in [1.807, 2.05) is 73.6 Å². The van der Waals surface area contributed by atoms with E-state index in [2.05, 4.69) is 31.0 Å². The van der Waals surface area contributed by atoms with Gasteiger partial charge in [-0.15, -0.1) is 12.1 Å². The van der Waals surface area contributed by atoms with Crippen molar-refractivity contribution in [3.05, 3.63) is 65.3 Å². The molecule has 5 nitrogen and oxygen atoms in total. The number of aromatic nitrogens is 1. The Labute approximate surface area is 236 Å². The van der Waals surface area contributed by atoms with Crippen molar-refractivity contribution >= 4 is 16.8 Å². The molecule has 0 amide bonds. The van der Waals surface area contributed by atoms with E-state index in [1.54, 1.807) is 6.20 Å². The molecule has 205 valence electrons. The summed E-state index contributed by atoms with van der Waals surface area (Å²) in [5, 5.41) is 10.9. The van der Waals surface area contributed by atoms with Gasteiger partial charge in [0.1, 0.15) is 11.5 Å². The zero-order valence-corrected chi connectivity index (χ0v) is 26.3. The first-order valence-corrected chi connectivity index (χ1v) is 12.7. The first kappa shape index (κ1) is 32.6. The van der Waals surface area contributed by atoms with Crippen LogP contribution in [0.15, 0.2) is 46.7 Å². The number of carbonyl (C=O) groups is 1. The Hall–Kier alpha value is -2.43. The van der Waals surface area contributed by atoms with Crippen LogP contribution >= 0.6 is 0 Å². The number of carbonyl (C=O) groups excluding carboxylic acids is 1. The SMILES string of the molecule is CCC(C)(C)C(=O)/C=C(\O)C(C)(C)CC.Cc1[c-]c(Oc2cc3cc(C(C)C)oc3cn2)cc(C)c1.[Ir]. The molecule has 0 aliphatic rings. The average Bonchev–Trinajstić information content (AvgIpc) is 3.22. The number of benzene rings is 1. The Bertz CT molecular complexity index is 1200. The summed E-state index contributed by atoms with van der Waals surface area (Å²) < 4.78 is 11.6. The monoisotopic (exact) mass is 685 g/mol.